The molecule has 0 aromatic rings. The van der Waals surface area contributed by atoms with Gasteiger partial charge < -0.3 is 20.3 Å². The molecule has 0 heterocycles. The number of unbranched alkanes of at least 4 members (excludes halogenated alkanes) is 35. The third-order valence-electron chi connectivity index (χ3n) is 12.4. The summed E-state index contributed by atoms with van der Waals surface area (Å²) in [5.74, 6) is -0.115. The Labute approximate surface area is 385 Å². The summed E-state index contributed by atoms with van der Waals surface area (Å²) < 4.78 is 5.47. The van der Waals surface area contributed by atoms with Crippen LogP contribution in [0.3, 0.4) is 0 Å². The average Bonchev–Trinajstić information content (AvgIpc) is 3.27. The lowest BCUT2D eigenvalue weighted by molar-refractivity contribution is -0.143. The van der Waals surface area contributed by atoms with Crippen molar-refractivity contribution in [3.63, 3.8) is 0 Å². The minimum absolute atomic E-state index is 0.0248. The number of carbonyl (C=O) groups excluding carboxylic acids is 2. The number of rotatable bonds is 50. The van der Waals surface area contributed by atoms with Gasteiger partial charge in [0, 0.05) is 12.8 Å². The number of hydrogen-bond donors (Lipinski definition) is 3. The standard InChI is InChI=1S/C56H105NO5/c1-3-5-7-9-11-13-15-17-19-21-22-23-25-27-29-34-38-42-46-50-56(61)62-51-47-43-39-35-31-30-33-37-41-45-49-55(60)57-53(52-58)54(59)48-44-40-36-32-28-26-24-20-18-16-14-12-10-8-6-4-2/h11,13,17,19,44,48,53-54,58-59H,3-10,12,14-16,18,20-43,45-47,49-52H2,1-2H3,(H,57,60)/b13-11-,19-17-,48-44+. The van der Waals surface area contributed by atoms with Crippen LogP contribution in [0.15, 0.2) is 36.5 Å². The Balaban J connectivity index is 3.50. The van der Waals surface area contributed by atoms with E-state index in [1.165, 1.54) is 193 Å². The average molecular weight is 872 g/mol. The first kappa shape index (κ1) is 60.1. The largest absolute Gasteiger partial charge is 0.466 e. The number of hydrogen-bond acceptors (Lipinski definition) is 5. The summed E-state index contributed by atoms with van der Waals surface area (Å²) in [4.78, 5) is 24.5. The summed E-state index contributed by atoms with van der Waals surface area (Å²) in [6, 6.07) is -0.645. The van der Waals surface area contributed by atoms with Crippen molar-refractivity contribution in [3.05, 3.63) is 36.5 Å². The van der Waals surface area contributed by atoms with E-state index in [1.54, 1.807) is 6.08 Å². The smallest absolute Gasteiger partial charge is 0.305 e. The van der Waals surface area contributed by atoms with Gasteiger partial charge in [0.1, 0.15) is 0 Å². The highest BCUT2D eigenvalue weighted by atomic mass is 16.5. The summed E-state index contributed by atoms with van der Waals surface area (Å²) in [5, 5.41) is 23.1. The molecule has 3 N–H and O–H groups in total. The van der Waals surface area contributed by atoms with Crippen molar-refractivity contribution in [2.75, 3.05) is 13.2 Å². The number of allylic oxidation sites excluding steroid dienone is 5. The highest BCUT2D eigenvalue weighted by molar-refractivity contribution is 5.76. The van der Waals surface area contributed by atoms with Gasteiger partial charge >= 0.3 is 5.97 Å². The Kier molecular flexibility index (Phi) is 50.1. The fourth-order valence-electron chi connectivity index (χ4n) is 8.19. The van der Waals surface area contributed by atoms with Crippen LogP contribution in [0.4, 0.5) is 0 Å². The highest BCUT2D eigenvalue weighted by Crippen LogP contribution is 2.16. The van der Waals surface area contributed by atoms with Crippen molar-refractivity contribution in [3.8, 4) is 0 Å². The molecule has 0 saturated heterocycles. The number of amides is 1. The van der Waals surface area contributed by atoms with Crippen LogP contribution < -0.4 is 5.32 Å². The van der Waals surface area contributed by atoms with Crippen LogP contribution in [0.25, 0.3) is 0 Å². The van der Waals surface area contributed by atoms with E-state index >= 15 is 0 Å². The first-order chi connectivity index (χ1) is 30.5. The summed E-state index contributed by atoms with van der Waals surface area (Å²) in [7, 11) is 0. The SMILES string of the molecule is CCCCC/C=C\C/C=C\CCCCCCCCCCCC(=O)OCCCCCCCCCCCCC(=O)NC(CO)C(O)/C=C/CCCCCCCCCCCCCCCC. The van der Waals surface area contributed by atoms with Crippen molar-refractivity contribution in [2.24, 2.45) is 0 Å². The van der Waals surface area contributed by atoms with E-state index in [9.17, 15) is 19.8 Å². The van der Waals surface area contributed by atoms with Gasteiger partial charge in [-0.3, -0.25) is 9.59 Å². The molecule has 0 saturated carbocycles. The molecule has 0 fully saturated rings. The van der Waals surface area contributed by atoms with E-state index in [4.69, 9.17) is 4.74 Å². The molecule has 0 spiro atoms. The lowest BCUT2D eigenvalue weighted by atomic mass is 10.0. The third kappa shape index (κ3) is 47.6. The Hall–Kier alpha value is -1.92. The number of esters is 1. The molecule has 0 rings (SSSR count). The molecular weight excluding hydrogens is 767 g/mol. The Morgan fingerprint density at radius 2 is 0.806 bits per heavy atom. The minimum Gasteiger partial charge on any atom is -0.466 e. The van der Waals surface area contributed by atoms with Crippen molar-refractivity contribution >= 4 is 11.9 Å². The molecule has 0 aliphatic rings. The number of carbonyl (C=O) groups is 2. The zero-order valence-electron chi connectivity index (χ0n) is 41.4. The van der Waals surface area contributed by atoms with Gasteiger partial charge in [0.15, 0.2) is 0 Å². The molecule has 0 aliphatic heterocycles. The Bertz CT molecular complexity index is 1010. The number of aliphatic hydroxyl groups is 2. The summed E-state index contributed by atoms with van der Waals surface area (Å²) in [5.41, 5.74) is 0. The predicted octanol–water partition coefficient (Wildman–Crippen LogP) is 16.5. The molecule has 2 atom stereocenters. The van der Waals surface area contributed by atoms with E-state index < -0.39 is 12.1 Å². The Morgan fingerprint density at radius 1 is 0.452 bits per heavy atom. The lowest BCUT2D eigenvalue weighted by Crippen LogP contribution is -2.45. The van der Waals surface area contributed by atoms with Crippen molar-refractivity contribution < 1.29 is 24.5 Å². The summed E-state index contributed by atoms with van der Waals surface area (Å²) in [6.45, 7) is 4.83. The quantitative estimate of drug-likeness (QED) is 0.0321. The molecule has 1 amide bonds. The van der Waals surface area contributed by atoms with E-state index in [0.717, 1.165) is 64.2 Å². The van der Waals surface area contributed by atoms with Crippen molar-refractivity contribution in [2.45, 2.75) is 296 Å². The first-order valence-corrected chi connectivity index (χ1v) is 27.3. The molecule has 2 unspecified atom stereocenters. The van der Waals surface area contributed by atoms with Gasteiger partial charge in [0.05, 0.1) is 25.4 Å². The molecule has 0 bridgehead atoms. The van der Waals surface area contributed by atoms with Crippen LogP contribution in [-0.2, 0) is 14.3 Å². The van der Waals surface area contributed by atoms with E-state index in [-0.39, 0.29) is 18.5 Å². The highest BCUT2D eigenvalue weighted by Gasteiger charge is 2.18. The van der Waals surface area contributed by atoms with Crippen LogP contribution >= 0.6 is 0 Å². The van der Waals surface area contributed by atoms with Gasteiger partial charge in [-0.1, -0.05) is 243 Å². The molecule has 0 aromatic carbocycles. The summed E-state index contributed by atoms with van der Waals surface area (Å²) >= 11 is 0. The second-order valence-electron chi connectivity index (χ2n) is 18.6. The topological polar surface area (TPSA) is 95.9 Å². The van der Waals surface area contributed by atoms with Gasteiger partial charge in [0.25, 0.3) is 0 Å². The van der Waals surface area contributed by atoms with Gasteiger partial charge in [-0.05, 0) is 64.2 Å². The molecule has 6 nitrogen and oxygen atoms in total. The van der Waals surface area contributed by atoms with Crippen LogP contribution in [0.1, 0.15) is 284 Å². The summed E-state index contributed by atoms with van der Waals surface area (Å²) in [6.07, 6.45) is 62.9. The van der Waals surface area contributed by atoms with Gasteiger partial charge in [-0.2, -0.15) is 0 Å². The van der Waals surface area contributed by atoms with E-state index in [1.807, 2.05) is 6.08 Å². The fourth-order valence-corrected chi connectivity index (χ4v) is 8.19. The maximum absolute atomic E-state index is 12.4. The first-order valence-electron chi connectivity index (χ1n) is 27.3. The van der Waals surface area contributed by atoms with Crippen LogP contribution in [0.2, 0.25) is 0 Å². The molecule has 0 aromatic heterocycles. The third-order valence-corrected chi connectivity index (χ3v) is 12.4. The second kappa shape index (κ2) is 51.7. The zero-order chi connectivity index (χ0) is 45.1. The second-order valence-corrected chi connectivity index (χ2v) is 18.6. The van der Waals surface area contributed by atoms with Crippen molar-refractivity contribution in [1.82, 2.24) is 5.32 Å². The van der Waals surface area contributed by atoms with Gasteiger partial charge in [-0.25, -0.2) is 0 Å². The predicted molar refractivity (Wildman–Crippen MR) is 269 cm³/mol. The molecule has 0 radical (unpaired) electrons. The maximum atomic E-state index is 12.4. The van der Waals surface area contributed by atoms with Crippen molar-refractivity contribution in [1.29, 1.82) is 0 Å². The normalized spacial score (nSPS) is 12.9. The van der Waals surface area contributed by atoms with Crippen LogP contribution in [0.5, 0.6) is 0 Å². The van der Waals surface area contributed by atoms with Gasteiger partial charge in [-0.15, -0.1) is 0 Å². The number of nitrogens with one attached hydrogen (secondary N) is 1. The molecule has 0 aliphatic carbocycles. The Morgan fingerprint density at radius 3 is 1.26 bits per heavy atom. The molecule has 62 heavy (non-hydrogen) atoms. The molecule has 6 heteroatoms. The molecular formula is C56H105NO5. The zero-order valence-corrected chi connectivity index (χ0v) is 41.4. The monoisotopic (exact) mass is 872 g/mol. The number of aliphatic hydroxyl groups excluding tert-OH is 2. The number of ether oxygens (including phenoxy) is 1. The fraction of sp³-hybridized carbons (Fsp3) is 0.857. The van der Waals surface area contributed by atoms with Crippen LogP contribution in [0, 0.1) is 0 Å². The maximum Gasteiger partial charge on any atom is 0.305 e. The van der Waals surface area contributed by atoms with Gasteiger partial charge in [0.2, 0.25) is 5.91 Å². The van der Waals surface area contributed by atoms with Crippen LogP contribution in [-0.4, -0.2) is 47.4 Å². The van der Waals surface area contributed by atoms with E-state index in [2.05, 4.69) is 43.5 Å². The van der Waals surface area contributed by atoms with E-state index in [0.29, 0.717) is 19.4 Å². The lowest BCUT2D eigenvalue weighted by Gasteiger charge is -2.20. The minimum atomic E-state index is -0.860. The molecule has 364 valence electrons.